The number of hydrogen-bond donors (Lipinski definition) is 2. The van der Waals surface area contributed by atoms with Crippen LogP contribution in [0.4, 0.5) is 5.69 Å². The van der Waals surface area contributed by atoms with Crippen molar-refractivity contribution < 1.29 is 18.0 Å². The molecule has 3 aromatic carbocycles. The first-order valence-corrected chi connectivity index (χ1v) is 11.6. The number of carbonyl (C=O) groups excluding carboxylic acids is 2. The van der Waals surface area contributed by atoms with Gasteiger partial charge in [0, 0.05) is 31.3 Å². The molecule has 0 heterocycles. The predicted octanol–water partition coefficient (Wildman–Crippen LogP) is 3.19. The Hall–Kier alpha value is -3.65. The quantitative estimate of drug-likeness (QED) is 0.550. The molecular formula is C24H25N3O4S. The summed E-state index contributed by atoms with van der Waals surface area (Å²) < 4.78 is 27.4. The number of amides is 2. The predicted molar refractivity (Wildman–Crippen MR) is 124 cm³/mol. The molecular weight excluding hydrogens is 426 g/mol. The largest absolute Gasteiger partial charge is 0.355 e. The fraction of sp³-hybridized carbons (Fsp3) is 0.167. The average Bonchev–Trinajstić information content (AvgIpc) is 2.83. The van der Waals surface area contributed by atoms with Crippen LogP contribution in [-0.2, 0) is 16.6 Å². The lowest BCUT2D eigenvalue weighted by Gasteiger charge is -2.23. The molecule has 2 amide bonds. The Bertz CT molecular complexity index is 1190. The lowest BCUT2D eigenvalue weighted by Crippen LogP contribution is -2.30. The number of hydrogen-bond acceptors (Lipinski definition) is 4. The van der Waals surface area contributed by atoms with Gasteiger partial charge in [-0.1, -0.05) is 30.3 Å². The minimum Gasteiger partial charge on any atom is -0.355 e. The molecule has 8 heteroatoms. The van der Waals surface area contributed by atoms with Crippen molar-refractivity contribution in [3.8, 4) is 0 Å². The summed E-state index contributed by atoms with van der Waals surface area (Å²) in [6, 6.07) is 21.7. The standard InChI is InChI=1S/C24H25N3O4S/c1-3-27(21-10-5-4-6-11-21)32(30,31)22-14-12-19(13-15-22)24(29)26-17-18-8-7-9-20(16-18)23(28)25-2/h4-16H,3,17H2,1-2H3,(H,25,28)(H,26,29). The maximum Gasteiger partial charge on any atom is 0.264 e. The Morgan fingerprint density at radius 3 is 2.16 bits per heavy atom. The number of benzene rings is 3. The highest BCUT2D eigenvalue weighted by molar-refractivity contribution is 7.92. The normalized spacial score (nSPS) is 10.9. The number of para-hydroxylation sites is 1. The van der Waals surface area contributed by atoms with Crippen LogP contribution >= 0.6 is 0 Å². The highest BCUT2D eigenvalue weighted by Crippen LogP contribution is 2.23. The van der Waals surface area contributed by atoms with Gasteiger partial charge < -0.3 is 10.6 Å². The van der Waals surface area contributed by atoms with Crippen LogP contribution in [0, 0.1) is 0 Å². The van der Waals surface area contributed by atoms with Crippen LogP contribution in [0.25, 0.3) is 0 Å². The molecule has 0 fully saturated rings. The second kappa shape index (κ2) is 10.1. The van der Waals surface area contributed by atoms with Crippen molar-refractivity contribution in [2.24, 2.45) is 0 Å². The summed E-state index contributed by atoms with van der Waals surface area (Å²) in [4.78, 5) is 24.4. The molecule has 3 rings (SSSR count). The van der Waals surface area contributed by atoms with Crippen molar-refractivity contribution in [1.82, 2.24) is 10.6 Å². The Kier molecular flexibility index (Phi) is 7.27. The Morgan fingerprint density at radius 1 is 0.844 bits per heavy atom. The summed E-state index contributed by atoms with van der Waals surface area (Å²) >= 11 is 0. The van der Waals surface area contributed by atoms with Gasteiger partial charge in [-0.2, -0.15) is 0 Å². The third-order valence-electron chi connectivity index (χ3n) is 4.91. The molecule has 0 aliphatic rings. The van der Waals surface area contributed by atoms with Gasteiger partial charge in [-0.3, -0.25) is 13.9 Å². The van der Waals surface area contributed by atoms with E-state index in [0.717, 1.165) is 5.56 Å². The molecule has 0 saturated carbocycles. The zero-order chi connectivity index (χ0) is 23.1. The van der Waals surface area contributed by atoms with E-state index >= 15 is 0 Å². The van der Waals surface area contributed by atoms with Gasteiger partial charge in [-0.15, -0.1) is 0 Å². The summed E-state index contributed by atoms with van der Waals surface area (Å²) in [5.41, 5.74) is 2.21. The maximum atomic E-state index is 13.1. The maximum absolute atomic E-state index is 13.1. The van der Waals surface area contributed by atoms with Gasteiger partial charge in [0.05, 0.1) is 10.6 Å². The van der Waals surface area contributed by atoms with Gasteiger partial charge in [-0.25, -0.2) is 8.42 Å². The fourth-order valence-electron chi connectivity index (χ4n) is 3.24. The number of carbonyl (C=O) groups is 2. The van der Waals surface area contributed by atoms with E-state index in [1.165, 1.54) is 28.6 Å². The Balaban J connectivity index is 1.71. The van der Waals surface area contributed by atoms with Crippen LogP contribution in [0.1, 0.15) is 33.2 Å². The highest BCUT2D eigenvalue weighted by Gasteiger charge is 2.23. The van der Waals surface area contributed by atoms with Gasteiger partial charge >= 0.3 is 0 Å². The van der Waals surface area contributed by atoms with Crippen molar-refractivity contribution in [2.75, 3.05) is 17.9 Å². The molecule has 0 spiro atoms. The summed E-state index contributed by atoms with van der Waals surface area (Å²) in [7, 11) is -2.20. The lowest BCUT2D eigenvalue weighted by atomic mass is 10.1. The van der Waals surface area contributed by atoms with Crippen LogP contribution < -0.4 is 14.9 Å². The SMILES string of the molecule is CCN(c1ccccc1)S(=O)(=O)c1ccc(C(=O)NCc2cccc(C(=O)NC)c2)cc1. The van der Waals surface area contributed by atoms with Crippen molar-refractivity contribution in [1.29, 1.82) is 0 Å². The first kappa shape index (κ1) is 23.0. The molecule has 7 nitrogen and oxygen atoms in total. The molecule has 0 aliphatic heterocycles. The lowest BCUT2D eigenvalue weighted by molar-refractivity contribution is 0.0948. The van der Waals surface area contributed by atoms with Gasteiger partial charge in [0.15, 0.2) is 0 Å². The molecule has 0 aromatic heterocycles. The first-order valence-electron chi connectivity index (χ1n) is 10.1. The Morgan fingerprint density at radius 2 is 1.53 bits per heavy atom. The van der Waals surface area contributed by atoms with E-state index in [0.29, 0.717) is 16.8 Å². The van der Waals surface area contributed by atoms with Crippen LogP contribution in [0.5, 0.6) is 0 Å². The van der Waals surface area contributed by atoms with Gasteiger partial charge in [0.25, 0.3) is 21.8 Å². The monoisotopic (exact) mass is 451 g/mol. The van der Waals surface area contributed by atoms with Crippen LogP contribution in [0.15, 0.2) is 83.8 Å². The van der Waals surface area contributed by atoms with E-state index in [9.17, 15) is 18.0 Å². The summed E-state index contributed by atoms with van der Waals surface area (Å²) in [5.74, 6) is -0.540. The van der Waals surface area contributed by atoms with E-state index in [4.69, 9.17) is 0 Å². The molecule has 32 heavy (non-hydrogen) atoms. The summed E-state index contributed by atoms with van der Waals surface area (Å²) in [6.07, 6.45) is 0. The molecule has 0 unspecified atom stereocenters. The van der Waals surface area contributed by atoms with Gasteiger partial charge in [0.2, 0.25) is 0 Å². The first-order chi connectivity index (χ1) is 15.4. The topological polar surface area (TPSA) is 95.6 Å². The Labute approximate surface area is 188 Å². The molecule has 0 saturated heterocycles. The number of nitrogens with zero attached hydrogens (tertiary/aromatic N) is 1. The molecule has 2 N–H and O–H groups in total. The molecule has 0 radical (unpaired) electrons. The van der Waals surface area contributed by atoms with Crippen LogP contribution in [0.2, 0.25) is 0 Å². The smallest absolute Gasteiger partial charge is 0.264 e. The molecule has 166 valence electrons. The van der Waals surface area contributed by atoms with Crippen molar-refractivity contribution in [3.63, 3.8) is 0 Å². The van der Waals surface area contributed by atoms with Gasteiger partial charge in [0.1, 0.15) is 0 Å². The molecule has 0 aliphatic carbocycles. The van der Waals surface area contributed by atoms with E-state index in [1.807, 2.05) is 12.1 Å². The van der Waals surface area contributed by atoms with Crippen LogP contribution in [0.3, 0.4) is 0 Å². The van der Waals surface area contributed by atoms with E-state index in [2.05, 4.69) is 10.6 Å². The summed E-state index contributed by atoms with van der Waals surface area (Å²) in [5, 5.41) is 5.35. The third-order valence-corrected chi connectivity index (χ3v) is 6.82. The van der Waals surface area contributed by atoms with Crippen molar-refractivity contribution in [3.05, 3.63) is 95.6 Å². The minimum absolute atomic E-state index is 0.109. The molecule has 0 atom stereocenters. The zero-order valence-electron chi connectivity index (χ0n) is 17.9. The van der Waals surface area contributed by atoms with Crippen LogP contribution in [-0.4, -0.2) is 33.8 Å². The second-order valence-electron chi connectivity index (χ2n) is 6.99. The zero-order valence-corrected chi connectivity index (χ0v) is 18.7. The average molecular weight is 452 g/mol. The fourth-order valence-corrected chi connectivity index (χ4v) is 4.72. The second-order valence-corrected chi connectivity index (χ2v) is 8.85. The molecule has 3 aromatic rings. The summed E-state index contributed by atoms with van der Waals surface area (Å²) in [6.45, 7) is 2.29. The third kappa shape index (κ3) is 5.15. The van der Waals surface area contributed by atoms with Crippen molar-refractivity contribution >= 4 is 27.5 Å². The van der Waals surface area contributed by atoms with E-state index < -0.39 is 10.0 Å². The number of nitrogens with one attached hydrogen (secondary N) is 2. The van der Waals surface area contributed by atoms with E-state index in [1.54, 1.807) is 56.4 Å². The number of rotatable bonds is 8. The van der Waals surface area contributed by atoms with E-state index in [-0.39, 0.29) is 29.8 Å². The van der Waals surface area contributed by atoms with Crippen molar-refractivity contribution in [2.45, 2.75) is 18.4 Å². The minimum atomic E-state index is -3.75. The molecule has 0 bridgehead atoms. The number of anilines is 1. The number of sulfonamides is 1. The highest BCUT2D eigenvalue weighted by atomic mass is 32.2. The van der Waals surface area contributed by atoms with Gasteiger partial charge in [-0.05, 0) is 61.0 Å².